The molecule has 3 nitrogen and oxygen atoms in total. The Morgan fingerprint density at radius 2 is 1.75 bits per heavy atom. The van der Waals surface area contributed by atoms with E-state index in [1.165, 1.54) is 10.4 Å². The molecule has 2 aromatic rings. The molecule has 2 aliphatic heterocycles. The third-order valence-corrected chi connectivity index (χ3v) is 2.97. The summed E-state index contributed by atoms with van der Waals surface area (Å²) >= 11 is 0. The molecule has 74 valence electrons. The maximum atomic E-state index is 4.64. The van der Waals surface area contributed by atoms with Crippen LogP contribution in [-0.4, -0.2) is 6.21 Å². The molecule has 2 heterocycles. The fourth-order valence-corrected chi connectivity index (χ4v) is 2.22. The molecule has 0 aromatic heterocycles. The first-order valence-corrected chi connectivity index (χ1v) is 5.16. The highest BCUT2D eigenvalue weighted by molar-refractivity contribution is 5.87. The maximum Gasteiger partial charge on any atom is 0.0967 e. The van der Waals surface area contributed by atoms with Crippen molar-refractivity contribution in [1.82, 2.24) is 0 Å². The maximum absolute atomic E-state index is 4.64. The molecule has 4 rings (SSSR count). The summed E-state index contributed by atoms with van der Waals surface area (Å²) in [5, 5.41) is 12.3. The molecule has 2 aliphatic rings. The summed E-state index contributed by atoms with van der Waals surface area (Å²) in [6, 6.07) is 12.2. The van der Waals surface area contributed by atoms with Crippen LogP contribution >= 0.6 is 0 Å². The van der Waals surface area contributed by atoms with E-state index in [1.54, 1.807) is 6.21 Å². The van der Waals surface area contributed by atoms with Crippen LogP contribution in [0.15, 0.2) is 51.6 Å². The van der Waals surface area contributed by atoms with E-state index < -0.39 is 0 Å². The first kappa shape index (κ1) is 7.93. The third-order valence-electron chi connectivity index (χ3n) is 2.97. The van der Waals surface area contributed by atoms with Gasteiger partial charge in [-0.25, -0.2) is 4.99 Å². The minimum Gasteiger partial charge on any atom is -0.247 e. The van der Waals surface area contributed by atoms with Gasteiger partial charge in [-0.3, -0.25) is 0 Å². The third kappa shape index (κ3) is 0.852. The van der Waals surface area contributed by atoms with Gasteiger partial charge in [0.1, 0.15) is 0 Å². The lowest BCUT2D eigenvalue weighted by molar-refractivity contribution is 1.18. The van der Waals surface area contributed by atoms with Crippen molar-refractivity contribution in [2.75, 3.05) is 0 Å². The second-order valence-corrected chi connectivity index (χ2v) is 3.87. The summed E-state index contributed by atoms with van der Waals surface area (Å²) in [4.78, 5) is 4.64. The Balaban J connectivity index is 2.35. The van der Waals surface area contributed by atoms with Crippen molar-refractivity contribution in [3.05, 3.63) is 63.1 Å². The molecule has 2 aromatic carbocycles. The summed E-state index contributed by atoms with van der Waals surface area (Å²) in [6.45, 7) is 0. The first-order valence-electron chi connectivity index (χ1n) is 5.16. The van der Waals surface area contributed by atoms with Crippen molar-refractivity contribution < 1.29 is 0 Å². The van der Waals surface area contributed by atoms with E-state index in [0.29, 0.717) is 0 Å². The molecule has 0 fully saturated rings. The van der Waals surface area contributed by atoms with Crippen LogP contribution in [0.1, 0.15) is 5.56 Å². The highest BCUT2D eigenvalue weighted by Crippen LogP contribution is 2.20. The van der Waals surface area contributed by atoms with Crippen LogP contribution in [0.4, 0.5) is 5.69 Å². The van der Waals surface area contributed by atoms with E-state index in [9.17, 15) is 0 Å². The molecule has 0 spiro atoms. The van der Waals surface area contributed by atoms with Gasteiger partial charge in [0.25, 0.3) is 0 Å². The van der Waals surface area contributed by atoms with E-state index in [1.807, 2.05) is 24.3 Å². The van der Waals surface area contributed by atoms with Gasteiger partial charge in [-0.2, -0.15) is 10.2 Å². The van der Waals surface area contributed by atoms with Crippen molar-refractivity contribution in [3.63, 3.8) is 0 Å². The van der Waals surface area contributed by atoms with Crippen LogP contribution in [0.2, 0.25) is 0 Å². The quantitative estimate of drug-likeness (QED) is 0.529. The van der Waals surface area contributed by atoms with E-state index in [4.69, 9.17) is 0 Å². The summed E-state index contributed by atoms with van der Waals surface area (Å²) in [5.74, 6) is 0. The molecule has 0 saturated heterocycles. The first-order chi connectivity index (χ1) is 7.93. The number of hydrogen-bond donors (Lipinski definition) is 0. The minimum atomic E-state index is 0.912. The predicted molar refractivity (Wildman–Crippen MR) is 60.1 cm³/mol. The fraction of sp³-hybridized carbons (Fsp3) is 0. The highest BCUT2D eigenvalue weighted by Gasteiger charge is 2.11. The van der Waals surface area contributed by atoms with Gasteiger partial charge < -0.3 is 0 Å². The summed E-state index contributed by atoms with van der Waals surface area (Å²) < 4.78 is 0. The normalized spacial score (nSPS) is 13.8. The van der Waals surface area contributed by atoms with Crippen LogP contribution in [0.3, 0.4) is 0 Å². The van der Waals surface area contributed by atoms with Crippen LogP contribution < -0.4 is 10.7 Å². The molecule has 0 N–H and O–H groups in total. The van der Waals surface area contributed by atoms with Gasteiger partial charge in [0.2, 0.25) is 0 Å². The van der Waals surface area contributed by atoms with Crippen LogP contribution in [-0.2, 0) is 0 Å². The average Bonchev–Trinajstić information content (AvgIpc) is 2.92. The Morgan fingerprint density at radius 3 is 2.75 bits per heavy atom. The summed E-state index contributed by atoms with van der Waals surface area (Å²) in [7, 11) is 0. The van der Waals surface area contributed by atoms with Crippen LogP contribution in [0, 0.1) is 10.4 Å². The Bertz CT molecular complexity index is 848. The Labute approximate surface area is 90.8 Å². The number of hydrogen-bond acceptors (Lipinski definition) is 3. The standard InChI is InChI=1S/C13H7N3/c1-2-4-11-8(3-1)9-5-6-12-10(7-14-16-12)13(9)15-11/h1-7H. The van der Waals surface area contributed by atoms with Gasteiger partial charge >= 0.3 is 0 Å². The van der Waals surface area contributed by atoms with Crippen molar-refractivity contribution >= 4 is 11.9 Å². The molecule has 0 aliphatic carbocycles. The zero-order valence-corrected chi connectivity index (χ0v) is 8.38. The second-order valence-electron chi connectivity index (χ2n) is 3.87. The molecule has 16 heavy (non-hydrogen) atoms. The average molecular weight is 205 g/mol. The van der Waals surface area contributed by atoms with Gasteiger partial charge in [-0.1, -0.05) is 18.2 Å². The molecule has 0 radical (unpaired) electrons. The van der Waals surface area contributed by atoms with E-state index in [0.717, 1.165) is 22.0 Å². The highest BCUT2D eigenvalue weighted by atomic mass is 15.2. The molecule has 3 heteroatoms. The fourth-order valence-electron chi connectivity index (χ4n) is 2.22. The summed E-state index contributed by atoms with van der Waals surface area (Å²) in [6.07, 6.45) is 1.78. The zero-order valence-electron chi connectivity index (χ0n) is 8.38. The lowest BCUT2D eigenvalue weighted by Gasteiger charge is -1.94. The molecule has 0 amide bonds. The smallest absolute Gasteiger partial charge is 0.0967 e. The van der Waals surface area contributed by atoms with E-state index in [-0.39, 0.29) is 0 Å². The van der Waals surface area contributed by atoms with Crippen molar-refractivity contribution in [1.29, 1.82) is 0 Å². The molecule has 0 unspecified atom stereocenters. The van der Waals surface area contributed by atoms with Gasteiger partial charge in [0.15, 0.2) is 0 Å². The monoisotopic (exact) mass is 205 g/mol. The number of nitrogens with zero attached hydrogens (tertiary/aromatic N) is 3. The number of para-hydroxylation sites is 1. The SMILES string of the molecule is C1=NN=c2ccc3c(c21)N=c1ccccc1=3. The molecule has 0 atom stereocenters. The molecular weight excluding hydrogens is 198 g/mol. The lowest BCUT2D eigenvalue weighted by Crippen LogP contribution is -2.03. The lowest BCUT2D eigenvalue weighted by atomic mass is 10.1. The topological polar surface area (TPSA) is 37.1 Å². The Hall–Kier alpha value is -2.29. The number of rotatable bonds is 0. The van der Waals surface area contributed by atoms with E-state index in [2.05, 4.69) is 27.3 Å². The molecule has 0 saturated carbocycles. The molecule has 0 bridgehead atoms. The zero-order chi connectivity index (χ0) is 10.5. The van der Waals surface area contributed by atoms with Crippen LogP contribution in [0.25, 0.3) is 0 Å². The Morgan fingerprint density at radius 1 is 0.812 bits per heavy atom. The van der Waals surface area contributed by atoms with Gasteiger partial charge in [0, 0.05) is 16.0 Å². The van der Waals surface area contributed by atoms with Crippen molar-refractivity contribution in [2.24, 2.45) is 15.2 Å². The van der Waals surface area contributed by atoms with Gasteiger partial charge in [-0.05, 0) is 18.2 Å². The van der Waals surface area contributed by atoms with Gasteiger partial charge in [-0.15, -0.1) is 0 Å². The number of fused-ring (bicyclic) bond motifs is 4. The predicted octanol–water partition coefficient (Wildman–Crippen LogP) is 1.21. The Kier molecular flexibility index (Phi) is 1.31. The van der Waals surface area contributed by atoms with Crippen molar-refractivity contribution in [3.8, 4) is 0 Å². The second kappa shape index (κ2) is 2.64. The van der Waals surface area contributed by atoms with Crippen molar-refractivity contribution in [2.45, 2.75) is 0 Å². The van der Waals surface area contributed by atoms with Gasteiger partial charge in [0.05, 0.1) is 22.6 Å². The number of benzene rings is 2. The summed E-state index contributed by atoms with van der Waals surface area (Å²) in [5.41, 5.74) is 2.04. The van der Waals surface area contributed by atoms with Crippen LogP contribution in [0.5, 0.6) is 0 Å². The largest absolute Gasteiger partial charge is 0.247 e. The molecular formula is C13H7N3. The van der Waals surface area contributed by atoms with E-state index >= 15 is 0 Å². The minimum absolute atomic E-state index is 0.912.